The number of thioether (sulfide) groups is 1. The van der Waals surface area contributed by atoms with Gasteiger partial charge in [-0.15, -0.1) is 10.2 Å². The van der Waals surface area contributed by atoms with Gasteiger partial charge in [0.25, 0.3) is 0 Å². The molecule has 1 aliphatic carbocycles. The minimum absolute atomic E-state index is 0.000611. The van der Waals surface area contributed by atoms with E-state index in [4.69, 9.17) is 0 Å². The lowest BCUT2D eigenvalue weighted by molar-refractivity contribution is -0.119. The lowest BCUT2D eigenvalue weighted by Gasteiger charge is -2.15. The van der Waals surface area contributed by atoms with Crippen LogP contribution >= 0.6 is 11.8 Å². The van der Waals surface area contributed by atoms with Crippen LogP contribution in [0.5, 0.6) is 0 Å². The van der Waals surface area contributed by atoms with Crippen LogP contribution < -0.4 is 5.32 Å². The molecule has 6 heteroatoms. The Morgan fingerprint density at radius 1 is 1.06 bits per heavy atom. The summed E-state index contributed by atoms with van der Waals surface area (Å²) in [7, 11) is 0. The summed E-state index contributed by atoms with van der Waals surface area (Å²) in [6, 6.07) is 18.7. The van der Waals surface area contributed by atoms with Crippen LogP contribution in [-0.2, 0) is 11.2 Å². The summed E-state index contributed by atoms with van der Waals surface area (Å²) < 4.78 is 2.10. The number of rotatable bonds is 9. The predicted molar refractivity (Wildman–Crippen MR) is 126 cm³/mol. The molecule has 5 nitrogen and oxygen atoms in total. The molecular weight excluding hydrogens is 404 g/mol. The molecule has 1 N–H and O–H groups in total. The first-order chi connectivity index (χ1) is 15.0. The minimum Gasteiger partial charge on any atom is -0.349 e. The molecule has 1 atom stereocenters. The van der Waals surface area contributed by atoms with Crippen LogP contribution in [0, 0.1) is 5.92 Å². The Labute approximate surface area is 188 Å². The van der Waals surface area contributed by atoms with Crippen LogP contribution in [0.25, 0.3) is 5.69 Å². The molecule has 0 bridgehead atoms. The number of carbonyl (C=O) groups excluding carboxylic acids is 1. The van der Waals surface area contributed by atoms with E-state index in [-0.39, 0.29) is 11.9 Å². The fourth-order valence-corrected chi connectivity index (χ4v) is 4.48. The number of amides is 1. The normalized spacial score (nSPS) is 14.6. The zero-order valence-electron chi connectivity index (χ0n) is 18.4. The third kappa shape index (κ3) is 5.56. The van der Waals surface area contributed by atoms with Crippen molar-refractivity contribution in [2.24, 2.45) is 5.92 Å². The van der Waals surface area contributed by atoms with Gasteiger partial charge >= 0.3 is 0 Å². The molecule has 1 aromatic heterocycles. The number of hydrogen-bond donors (Lipinski definition) is 1. The lowest BCUT2D eigenvalue weighted by Crippen LogP contribution is -2.28. The van der Waals surface area contributed by atoms with E-state index in [2.05, 4.69) is 70.3 Å². The highest BCUT2D eigenvalue weighted by Gasteiger charge is 2.31. The number of para-hydroxylation sites is 1. The van der Waals surface area contributed by atoms with Crippen LogP contribution in [-0.4, -0.2) is 26.4 Å². The van der Waals surface area contributed by atoms with Crippen LogP contribution in [0.4, 0.5) is 0 Å². The van der Waals surface area contributed by atoms with Crippen LogP contribution in [0.1, 0.15) is 62.5 Å². The van der Waals surface area contributed by atoms with Crippen molar-refractivity contribution in [3.8, 4) is 5.69 Å². The molecule has 1 aliphatic rings. The number of nitrogens with one attached hydrogen (secondary N) is 1. The third-order valence-corrected chi connectivity index (χ3v) is 6.38. The lowest BCUT2D eigenvalue weighted by atomic mass is 10.00. The highest BCUT2D eigenvalue weighted by molar-refractivity contribution is 7.99. The monoisotopic (exact) mass is 434 g/mol. The maximum Gasteiger partial charge on any atom is 0.230 e. The summed E-state index contributed by atoms with van der Waals surface area (Å²) in [5, 5.41) is 12.7. The van der Waals surface area contributed by atoms with E-state index >= 15 is 0 Å². The Hall–Kier alpha value is -2.60. The molecule has 1 unspecified atom stereocenters. The summed E-state index contributed by atoms with van der Waals surface area (Å²) in [5.74, 6) is 2.43. The number of carbonyl (C=O) groups is 1. The zero-order valence-corrected chi connectivity index (χ0v) is 19.2. The van der Waals surface area contributed by atoms with Crippen molar-refractivity contribution in [1.29, 1.82) is 0 Å². The van der Waals surface area contributed by atoms with E-state index in [1.165, 1.54) is 17.3 Å². The Morgan fingerprint density at radius 2 is 1.77 bits per heavy atom. The zero-order chi connectivity index (χ0) is 21.8. The van der Waals surface area contributed by atoms with Crippen molar-refractivity contribution < 1.29 is 4.79 Å². The van der Waals surface area contributed by atoms with E-state index in [1.54, 1.807) is 0 Å². The van der Waals surface area contributed by atoms with Gasteiger partial charge in [0.2, 0.25) is 5.91 Å². The molecule has 2 aromatic carbocycles. The largest absolute Gasteiger partial charge is 0.349 e. The molecule has 3 aromatic rings. The molecular formula is C25H30N4OS. The summed E-state index contributed by atoms with van der Waals surface area (Å²) in [4.78, 5) is 12.6. The van der Waals surface area contributed by atoms with Crippen LogP contribution in [0.3, 0.4) is 0 Å². The summed E-state index contributed by atoms with van der Waals surface area (Å²) in [5.41, 5.74) is 3.50. The Morgan fingerprint density at radius 3 is 2.42 bits per heavy atom. The predicted octanol–water partition coefficient (Wildman–Crippen LogP) is 5.31. The van der Waals surface area contributed by atoms with Gasteiger partial charge in [-0.2, -0.15) is 0 Å². The first kappa shape index (κ1) is 21.6. The smallest absolute Gasteiger partial charge is 0.230 e. The number of nitrogens with zero attached hydrogens (tertiary/aromatic N) is 3. The van der Waals surface area contributed by atoms with Gasteiger partial charge in [0.1, 0.15) is 5.82 Å². The fraction of sp³-hybridized carbons (Fsp3) is 0.400. The molecule has 4 rings (SSSR count). The summed E-state index contributed by atoms with van der Waals surface area (Å²) in [6.45, 7) is 6.47. The minimum atomic E-state index is -0.0322. The van der Waals surface area contributed by atoms with Crippen molar-refractivity contribution in [3.63, 3.8) is 0 Å². The number of hydrogen-bond acceptors (Lipinski definition) is 4. The molecule has 1 fully saturated rings. The second-order valence-electron chi connectivity index (χ2n) is 8.70. The fourth-order valence-electron chi connectivity index (χ4n) is 3.71. The Bertz CT molecular complexity index is 1010. The van der Waals surface area contributed by atoms with Gasteiger partial charge in [-0.25, -0.2) is 0 Å². The van der Waals surface area contributed by atoms with E-state index in [9.17, 15) is 4.79 Å². The van der Waals surface area contributed by atoms with Gasteiger partial charge in [-0.05, 0) is 55.4 Å². The quantitative estimate of drug-likeness (QED) is 0.464. The summed E-state index contributed by atoms with van der Waals surface area (Å²) in [6.07, 6.45) is 3.38. The number of aromatic nitrogens is 3. The molecule has 162 valence electrons. The molecule has 0 saturated heterocycles. The molecule has 31 heavy (non-hydrogen) atoms. The molecule has 1 heterocycles. The molecule has 0 aliphatic heterocycles. The first-order valence-corrected chi connectivity index (χ1v) is 12.0. The number of benzene rings is 2. The van der Waals surface area contributed by atoms with Crippen molar-refractivity contribution in [3.05, 3.63) is 71.5 Å². The SMILES string of the molecule is CC(C)Cc1ccc(C(C)NC(=O)CSc2nnc(C3CC3)n2-c2ccccc2)cc1. The third-order valence-electron chi connectivity index (χ3n) is 5.45. The van der Waals surface area contributed by atoms with Crippen molar-refractivity contribution >= 4 is 17.7 Å². The Kier molecular flexibility index (Phi) is 6.76. The van der Waals surface area contributed by atoms with Gasteiger partial charge in [0, 0.05) is 11.6 Å². The van der Waals surface area contributed by atoms with E-state index < -0.39 is 0 Å². The maximum atomic E-state index is 12.6. The second-order valence-corrected chi connectivity index (χ2v) is 9.65. The van der Waals surface area contributed by atoms with Crippen molar-refractivity contribution in [2.45, 2.75) is 57.1 Å². The first-order valence-electron chi connectivity index (χ1n) is 11.0. The topological polar surface area (TPSA) is 59.8 Å². The van der Waals surface area contributed by atoms with Crippen LogP contribution in [0.15, 0.2) is 59.8 Å². The molecule has 1 saturated carbocycles. The maximum absolute atomic E-state index is 12.6. The highest BCUT2D eigenvalue weighted by Crippen LogP contribution is 2.41. The Balaban J connectivity index is 1.38. The van der Waals surface area contributed by atoms with Gasteiger partial charge in [0.05, 0.1) is 11.8 Å². The van der Waals surface area contributed by atoms with E-state index in [0.717, 1.165) is 41.5 Å². The average molecular weight is 435 g/mol. The average Bonchev–Trinajstić information content (AvgIpc) is 3.52. The molecule has 0 spiro atoms. The highest BCUT2D eigenvalue weighted by atomic mass is 32.2. The van der Waals surface area contributed by atoms with Crippen LogP contribution in [0.2, 0.25) is 0 Å². The van der Waals surface area contributed by atoms with Crippen molar-refractivity contribution in [2.75, 3.05) is 5.75 Å². The van der Waals surface area contributed by atoms with Crippen molar-refractivity contribution in [1.82, 2.24) is 20.1 Å². The van der Waals surface area contributed by atoms with E-state index in [1.807, 2.05) is 25.1 Å². The van der Waals surface area contributed by atoms with Gasteiger partial charge < -0.3 is 5.32 Å². The van der Waals surface area contributed by atoms with E-state index in [0.29, 0.717) is 17.6 Å². The molecule has 0 radical (unpaired) electrons. The summed E-state index contributed by atoms with van der Waals surface area (Å²) >= 11 is 1.44. The molecule has 1 amide bonds. The standard InChI is InChI=1S/C25H30N4OS/c1-17(2)15-19-9-11-20(12-10-19)18(3)26-23(30)16-31-25-28-27-24(21-13-14-21)29(25)22-7-5-4-6-8-22/h4-12,17-18,21H,13-16H2,1-3H3,(H,26,30). The second kappa shape index (κ2) is 9.69. The van der Waals surface area contributed by atoms with Gasteiger partial charge in [0.15, 0.2) is 5.16 Å². The van der Waals surface area contributed by atoms with Gasteiger partial charge in [-0.1, -0.05) is 68.1 Å². The van der Waals surface area contributed by atoms with Gasteiger partial charge in [-0.3, -0.25) is 9.36 Å².